The number of likely N-dealkylation sites (tertiary alicyclic amines) is 1. The monoisotopic (exact) mass is 229 g/mol. The highest BCUT2D eigenvalue weighted by Crippen LogP contribution is 2.09. The van der Waals surface area contributed by atoms with Crippen molar-refractivity contribution in [3.05, 3.63) is 0 Å². The van der Waals surface area contributed by atoms with E-state index in [2.05, 4.69) is 5.32 Å². The Morgan fingerprint density at radius 1 is 1.56 bits per heavy atom. The molecule has 0 aromatic heterocycles. The first-order valence-corrected chi connectivity index (χ1v) is 5.55. The lowest BCUT2D eigenvalue weighted by Gasteiger charge is -2.31. The predicted molar refractivity (Wildman–Crippen MR) is 58.8 cm³/mol. The van der Waals surface area contributed by atoms with E-state index in [9.17, 15) is 9.59 Å². The molecule has 0 saturated carbocycles. The Hall–Kier alpha value is -1.30. The van der Waals surface area contributed by atoms with E-state index in [4.69, 9.17) is 10.5 Å². The molecule has 1 aliphatic rings. The van der Waals surface area contributed by atoms with Gasteiger partial charge in [-0.3, -0.25) is 9.69 Å². The van der Waals surface area contributed by atoms with E-state index in [0.29, 0.717) is 13.2 Å². The van der Waals surface area contributed by atoms with Gasteiger partial charge < -0.3 is 15.8 Å². The Morgan fingerprint density at radius 3 is 2.94 bits per heavy atom. The number of nitrogens with one attached hydrogen (secondary N) is 1. The van der Waals surface area contributed by atoms with Crippen LogP contribution in [0.1, 0.15) is 19.8 Å². The molecule has 6 heteroatoms. The van der Waals surface area contributed by atoms with Gasteiger partial charge in [-0.2, -0.15) is 0 Å². The van der Waals surface area contributed by atoms with Gasteiger partial charge in [0.25, 0.3) is 0 Å². The zero-order valence-corrected chi connectivity index (χ0v) is 9.57. The lowest BCUT2D eigenvalue weighted by atomic mass is 10.1. The van der Waals surface area contributed by atoms with Crippen molar-refractivity contribution in [3.63, 3.8) is 0 Å². The number of hydrogen-bond donors (Lipinski definition) is 2. The summed E-state index contributed by atoms with van der Waals surface area (Å²) in [7, 11) is 0. The fourth-order valence-corrected chi connectivity index (χ4v) is 1.88. The third-order valence-corrected chi connectivity index (χ3v) is 2.48. The number of amides is 2. The fraction of sp³-hybridized carbons (Fsp3) is 0.800. The van der Waals surface area contributed by atoms with E-state index < -0.39 is 6.09 Å². The molecule has 6 nitrogen and oxygen atoms in total. The molecule has 0 bridgehead atoms. The molecule has 0 aromatic carbocycles. The predicted octanol–water partition coefficient (Wildman–Crippen LogP) is -0.318. The second kappa shape index (κ2) is 6.32. The van der Waals surface area contributed by atoms with Crippen molar-refractivity contribution in [1.82, 2.24) is 10.2 Å². The summed E-state index contributed by atoms with van der Waals surface area (Å²) in [5.41, 5.74) is 5.13. The van der Waals surface area contributed by atoms with Gasteiger partial charge in [0.15, 0.2) is 0 Å². The van der Waals surface area contributed by atoms with Crippen LogP contribution in [0.3, 0.4) is 0 Å². The van der Waals surface area contributed by atoms with Crippen molar-refractivity contribution in [2.45, 2.75) is 25.8 Å². The summed E-state index contributed by atoms with van der Waals surface area (Å²) >= 11 is 0. The van der Waals surface area contributed by atoms with E-state index in [1.807, 2.05) is 4.90 Å². The molecule has 1 saturated heterocycles. The molecule has 1 heterocycles. The van der Waals surface area contributed by atoms with Crippen LogP contribution in [0, 0.1) is 0 Å². The molecule has 3 N–H and O–H groups in total. The molecule has 0 spiro atoms. The van der Waals surface area contributed by atoms with Crippen LogP contribution in [0.5, 0.6) is 0 Å². The Kier molecular flexibility index (Phi) is 5.04. The smallest absolute Gasteiger partial charge is 0.407 e. The molecule has 1 atom stereocenters. The maximum atomic E-state index is 11.2. The molecule has 0 aliphatic carbocycles. The zero-order valence-electron chi connectivity index (χ0n) is 9.57. The Bertz CT molecular complexity index is 258. The summed E-state index contributed by atoms with van der Waals surface area (Å²) in [5, 5.41) is 2.77. The third kappa shape index (κ3) is 4.48. The van der Waals surface area contributed by atoms with E-state index in [1.165, 1.54) is 0 Å². The lowest BCUT2D eigenvalue weighted by molar-refractivity contribution is -0.119. The summed E-state index contributed by atoms with van der Waals surface area (Å²) in [6, 6.07) is 0.0483. The van der Waals surface area contributed by atoms with Gasteiger partial charge in [0, 0.05) is 12.6 Å². The quantitative estimate of drug-likeness (QED) is 0.692. The van der Waals surface area contributed by atoms with Gasteiger partial charge in [-0.25, -0.2) is 4.79 Å². The fourth-order valence-electron chi connectivity index (χ4n) is 1.88. The largest absolute Gasteiger partial charge is 0.450 e. The van der Waals surface area contributed by atoms with E-state index >= 15 is 0 Å². The molecule has 0 unspecified atom stereocenters. The van der Waals surface area contributed by atoms with Crippen LogP contribution < -0.4 is 11.1 Å². The maximum Gasteiger partial charge on any atom is 0.407 e. The number of primary amides is 1. The topological polar surface area (TPSA) is 84.7 Å². The SMILES string of the molecule is CCOC(=O)N[C@@H]1CCCN(CC(N)=O)C1. The summed E-state index contributed by atoms with van der Waals surface area (Å²) < 4.78 is 4.80. The second-order valence-corrected chi connectivity index (χ2v) is 3.91. The second-order valence-electron chi connectivity index (χ2n) is 3.91. The first kappa shape index (κ1) is 12.8. The average Bonchev–Trinajstić information content (AvgIpc) is 2.17. The van der Waals surface area contributed by atoms with E-state index in [0.717, 1.165) is 19.4 Å². The number of nitrogens with two attached hydrogens (primary N) is 1. The molecule has 92 valence electrons. The van der Waals surface area contributed by atoms with Crippen molar-refractivity contribution in [3.8, 4) is 0 Å². The zero-order chi connectivity index (χ0) is 12.0. The van der Waals surface area contributed by atoms with Gasteiger partial charge in [-0.1, -0.05) is 0 Å². The third-order valence-electron chi connectivity index (χ3n) is 2.48. The van der Waals surface area contributed by atoms with E-state index in [-0.39, 0.29) is 18.5 Å². The minimum atomic E-state index is -0.395. The van der Waals surface area contributed by atoms with Crippen molar-refractivity contribution in [2.24, 2.45) is 5.73 Å². The molecule has 16 heavy (non-hydrogen) atoms. The number of carbonyl (C=O) groups excluding carboxylic acids is 2. The summed E-state index contributed by atoms with van der Waals surface area (Å²) in [5.74, 6) is -0.336. The minimum absolute atomic E-state index is 0.0483. The van der Waals surface area contributed by atoms with Crippen LogP contribution >= 0.6 is 0 Å². The van der Waals surface area contributed by atoms with Crippen LogP contribution in [-0.4, -0.2) is 49.2 Å². The molecule has 1 rings (SSSR count). The van der Waals surface area contributed by atoms with Crippen LogP contribution in [0.4, 0.5) is 4.79 Å². The van der Waals surface area contributed by atoms with Crippen LogP contribution in [0.2, 0.25) is 0 Å². The molecular formula is C10H19N3O3. The van der Waals surface area contributed by atoms with Crippen LogP contribution in [0.25, 0.3) is 0 Å². The Balaban J connectivity index is 2.32. The summed E-state index contributed by atoms with van der Waals surface area (Å²) in [6.07, 6.45) is 1.46. The highest BCUT2D eigenvalue weighted by molar-refractivity contribution is 5.76. The number of carbonyl (C=O) groups is 2. The first-order valence-electron chi connectivity index (χ1n) is 5.55. The molecule has 0 radical (unpaired) electrons. The summed E-state index contributed by atoms with van der Waals surface area (Å²) in [4.78, 5) is 23.9. The number of hydrogen-bond acceptors (Lipinski definition) is 4. The lowest BCUT2D eigenvalue weighted by Crippen LogP contribution is -2.49. The summed E-state index contributed by atoms with van der Waals surface area (Å²) in [6.45, 7) is 3.89. The Labute approximate surface area is 95.1 Å². The highest BCUT2D eigenvalue weighted by atomic mass is 16.5. The number of piperidine rings is 1. The van der Waals surface area contributed by atoms with Gasteiger partial charge in [0.05, 0.1) is 13.2 Å². The number of nitrogens with zero attached hydrogens (tertiary/aromatic N) is 1. The number of alkyl carbamates (subject to hydrolysis) is 1. The van der Waals surface area contributed by atoms with Crippen LogP contribution in [-0.2, 0) is 9.53 Å². The van der Waals surface area contributed by atoms with Crippen LogP contribution in [0.15, 0.2) is 0 Å². The number of ether oxygens (including phenoxy) is 1. The molecular weight excluding hydrogens is 210 g/mol. The van der Waals surface area contributed by atoms with E-state index in [1.54, 1.807) is 6.92 Å². The molecule has 1 fully saturated rings. The standard InChI is InChI=1S/C10H19N3O3/c1-2-16-10(15)12-8-4-3-5-13(6-8)7-9(11)14/h8H,2-7H2,1H3,(H2,11,14)(H,12,15)/t8-/m1/s1. The normalized spacial score (nSPS) is 21.4. The van der Waals surface area contributed by atoms with Crippen molar-refractivity contribution in [2.75, 3.05) is 26.2 Å². The van der Waals surface area contributed by atoms with Crippen molar-refractivity contribution in [1.29, 1.82) is 0 Å². The highest BCUT2D eigenvalue weighted by Gasteiger charge is 2.22. The van der Waals surface area contributed by atoms with Gasteiger partial charge in [-0.15, -0.1) is 0 Å². The van der Waals surface area contributed by atoms with Gasteiger partial charge >= 0.3 is 6.09 Å². The molecule has 1 aliphatic heterocycles. The van der Waals surface area contributed by atoms with Crippen molar-refractivity contribution >= 4 is 12.0 Å². The number of rotatable bonds is 4. The van der Waals surface area contributed by atoms with Gasteiger partial charge in [0.2, 0.25) is 5.91 Å². The van der Waals surface area contributed by atoms with Gasteiger partial charge in [-0.05, 0) is 26.3 Å². The molecule has 2 amide bonds. The Morgan fingerprint density at radius 2 is 2.31 bits per heavy atom. The van der Waals surface area contributed by atoms with Gasteiger partial charge in [0.1, 0.15) is 0 Å². The average molecular weight is 229 g/mol. The molecule has 0 aromatic rings. The first-order chi connectivity index (χ1) is 7.61. The van der Waals surface area contributed by atoms with Crippen molar-refractivity contribution < 1.29 is 14.3 Å². The minimum Gasteiger partial charge on any atom is -0.450 e. The maximum absolute atomic E-state index is 11.2.